The number of aryl methyl sites for hydroxylation is 1. The van der Waals surface area contributed by atoms with Crippen molar-refractivity contribution in [1.29, 1.82) is 0 Å². The second kappa shape index (κ2) is 7.79. The summed E-state index contributed by atoms with van der Waals surface area (Å²) in [4.78, 5) is 0. The summed E-state index contributed by atoms with van der Waals surface area (Å²) < 4.78 is 14.3. The molecule has 0 aliphatic rings. The molecule has 0 saturated carbocycles. The van der Waals surface area contributed by atoms with E-state index in [4.69, 9.17) is 19.4 Å². The van der Waals surface area contributed by atoms with E-state index in [0.717, 1.165) is 22.3 Å². The van der Waals surface area contributed by atoms with Crippen molar-refractivity contribution in [3.8, 4) is 0 Å². The van der Waals surface area contributed by atoms with Crippen molar-refractivity contribution in [2.24, 2.45) is 5.92 Å². The molecule has 18 heavy (non-hydrogen) atoms. The van der Waals surface area contributed by atoms with Gasteiger partial charge in [0.1, 0.15) is 0 Å². The Labute approximate surface area is 129 Å². The van der Waals surface area contributed by atoms with E-state index in [1.54, 1.807) is 28.6 Å². The summed E-state index contributed by atoms with van der Waals surface area (Å²) >= 11 is 7.57. The first-order chi connectivity index (χ1) is 8.41. The molecule has 0 amide bonds. The molecule has 95 valence electrons. The van der Waals surface area contributed by atoms with Gasteiger partial charge in [-0.3, -0.25) is 0 Å². The van der Waals surface area contributed by atoms with E-state index in [1.165, 1.54) is 12.8 Å². The van der Waals surface area contributed by atoms with E-state index < -0.39 is 5.82 Å². The van der Waals surface area contributed by atoms with Crippen LogP contribution in [0.2, 0.25) is 8.96 Å². The van der Waals surface area contributed by atoms with Gasteiger partial charge in [0, 0.05) is 0 Å². The van der Waals surface area contributed by atoms with Crippen LogP contribution in [0.25, 0.3) is 0 Å². The zero-order valence-electron chi connectivity index (χ0n) is 11.0. The van der Waals surface area contributed by atoms with E-state index in [-0.39, 0.29) is 10.5 Å². The Morgan fingerprint density at radius 1 is 1.28 bits per heavy atom. The van der Waals surface area contributed by atoms with Crippen LogP contribution >= 0.6 is 11.6 Å². The molecule has 2 atom stereocenters. The minimum atomic E-state index is -0.479. The molecule has 0 bridgehead atoms. The predicted molar refractivity (Wildman–Crippen MR) is 78.7 cm³/mol. The molecular weight excluding hydrogens is 352 g/mol. The van der Waals surface area contributed by atoms with Gasteiger partial charge in [0.2, 0.25) is 0 Å². The molecule has 0 N–H and O–H groups in total. The third kappa shape index (κ3) is 5.12. The van der Waals surface area contributed by atoms with Crippen molar-refractivity contribution >= 4 is 47.4 Å². The molecular formula is C14H18BClFSn. The Bertz CT molecular complexity index is 396. The van der Waals surface area contributed by atoms with E-state index in [9.17, 15) is 4.39 Å². The third-order valence-electron chi connectivity index (χ3n) is 3.19. The number of halogens is 2. The molecule has 0 heterocycles. The summed E-state index contributed by atoms with van der Waals surface area (Å²) in [6.45, 7) is 4.53. The van der Waals surface area contributed by atoms with Crippen molar-refractivity contribution in [3.63, 3.8) is 0 Å². The van der Waals surface area contributed by atoms with Crippen molar-refractivity contribution in [2.45, 2.75) is 43.5 Å². The van der Waals surface area contributed by atoms with Gasteiger partial charge in [-0.15, -0.1) is 0 Å². The summed E-state index contributed by atoms with van der Waals surface area (Å²) in [5.74, 6) is 0.178. The van der Waals surface area contributed by atoms with Gasteiger partial charge in [-0.2, -0.15) is 0 Å². The molecule has 5 radical (unpaired) electrons. The predicted octanol–water partition coefficient (Wildman–Crippen LogP) is 3.60. The number of hydrogen-bond donors (Lipinski definition) is 0. The maximum absolute atomic E-state index is 13.5. The Morgan fingerprint density at radius 3 is 2.56 bits per heavy atom. The molecule has 0 fully saturated rings. The Kier molecular flexibility index (Phi) is 7.08. The van der Waals surface area contributed by atoms with Crippen LogP contribution < -0.4 is 5.46 Å². The van der Waals surface area contributed by atoms with Gasteiger partial charge in [-0.05, 0) is 0 Å². The first kappa shape index (κ1) is 16.4. The molecule has 2 unspecified atom stereocenters. The van der Waals surface area contributed by atoms with Gasteiger partial charge in [-0.1, -0.05) is 0 Å². The third-order valence-corrected chi connectivity index (χ3v) is 4.42. The number of benzene rings is 1. The molecule has 1 rings (SSSR count). The van der Waals surface area contributed by atoms with Gasteiger partial charge >= 0.3 is 130 Å². The second-order valence-corrected chi connectivity index (χ2v) is 8.26. The van der Waals surface area contributed by atoms with Crippen molar-refractivity contribution in [3.05, 3.63) is 28.5 Å². The fourth-order valence-corrected chi connectivity index (χ4v) is 2.62. The molecule has 0 nitrogen and oxygen atoms in total. The van der Waals surface area contributed by atoms with Crippen LogP contribution in [0, 0.1) is 11.7 Å². The molecule has 0 aliphatic carbocycles. The summed E-state index contributed by atoms with van der Waals surface area (Å²) in [6.07, 6.45) is 4.39. The van der Waals surface area contributed by atoms with Crippen molar-refractivity contribution in [1.82, 2.24) is 0 Å². The number of hydrogen-bond acceptors (Lipinski definition) is 0. The molecule has 0 aliphatic heterocycles. The zero-order valence-corrected chi connectivity index (χ0v) is 14.6. The first-order valence-corrected chi connectivity index (χ1v) is 8.37. The van der Waals surface area contributed by atoms with Gasteiger partial charge in [-0.25, -0.2) is 0 Å². The summed E-state index contributed by atoms with van der Waals surface area (Å²) in [6, 6.07) is 3.43. The second-order valence-electron chi connectivity index (χ2n) is 5.06. The average Bonchev–Trinajstić information content (AvgIpc) is 2.32. The van der Waals surface area contributed by atoms with Crippen LogP contribution in [-0.2, 0) is 6.42 Å². The Balaban J connectivity index is 2.51. The molecule has 0 aromatic heterocycles. The van der Waals surface area contributed by atoms with Crippen LogP contribution in [0.3, 0.4) is 0 Å². The van der Waals surface area contributed by atoms with E-state index in [1.807, 2.05) is 6.07 Å². The summed E-state index contributed by atoms with van der Waals surface area (Å²) in [7, 11) is 5.47. The van der Waals surface area contributed by atoms with E-state index in [0.29, 0.717) is 5.92 Å². The fraction of sp³-hybridized carbons (Fsp3) is 0.571. The SMILES string of the molecule is [B]c1ccc(CCC(C)CC[CH](C)[Sn])c(Cl)c1F. The average molecular weight is 370 g/mol. The molecule has 4 heteroatoms. The molecule has 1 aromatic carbocycles. The number of rotatable bonds is 6. The van der Waals surface area contributed by atoms with Crippen molar-refractivity contribution < 1.29 is 4.39 Å². The van der Waals surface area contributed by atoms with Crippen LogP contribution in [0.15, 0.2) is 12.1 Å². The molecule has 0 saturated heterocycles. The zero-order chi connectivity index (χ0) is 13.7. The van der Waals surface area contributed by atoms with Gasteiger partial charge in [0.25, 0.3) is 0 Å². The Hall–Kier alpha value is 0.304. The van der Waals surface area contributed by atoms with Crippen LogP contribution in [-0.4, -0.2) is 30.4 Å². The maximum atomic E-state index is 13.5. The van der Waals surface area contributed by atoms with E-state index >= 15 is 0 Å². The summed E-state index contributed by atoms with van der Waals surface area (Å²) in [5, 5.41) is 0.191. The van der Waals surface area contributed by atoms with Gasteiger partial charge < -0.3 is 0 Å². The first-order valence-electron chi connectivity index (χ1n) is 6.35. The molecule has 1 aromatic rings. The fourth-order valence-electron chi connectivity index (χ4n) is 1.88. The topological polar surface area (TPSA) is 0 Å². The monoisotopic (exact) mass is 371 g/mol. The van der Waals surface area contributed by atoms with Crippen molar-refractivity contribution in [2.75, 3.05) is 0 Å². The van der Waals surface area contributed by atoms with Gasteiger partial charge in [0.15, 0.2) is 0 Å². The summed E-state index contributed by atoms with van der Waals surface area (Å²) in [5.41, 5.74) is 0.991. The molecule has 0 spiro atoms. The van der Waals surface area contributed by atoms with Crippen LogP contribution in [0.5, 0.6) is 0 Å². The quantitative estimate of drug-likeness (QED) is 0.672. The normalized spacial score (nSPS) is 14.5. The van der Waals surface area contributed by atoms with Gasteiger partial charge in [0.05, 0.1) is 0 Å². The van der Waals surface area contributed by atoms with E-state index in [2.05, 4.69) is 13.8 Å². The Morgan fingerprint density at radius 2 is 1.94 bits per heavy atom. The van der Waals surface area contributed by atoms with Crippen LogP contribution in [0.4, 0.5) is 4.39 Å². The standard InChI is InChI=1S/C14H18BClF.Sn/c1-3-4-5-10(2)6-7-11-8-9-12(15)14(17)13(11)16;/h3,8-10H,4-7H2,1-2H3;. The minimum absolute atomic E-state index is 0.125. The van der Waals surface area contributed by atoms with Crippen LogP contribution in [0.1, 0.15) is 38.7 Å².